The zero-order chi connectivity index (χ0) is 8.15. The molecule has 0 rings (SSSR count). The van der Waals surface area contributed by atoms with Gasteiger partial charge in [-0.2, -0.15) is 0 Å². The van der Waals surface area contributed by atoms with E-state index in [1.165, 1.54) is 0 Å². The highest BCUT2D eigenvalue weighted by Gasteiger charge is 2.14. The maximum Gasteiger partial charge on any atom is 0.0752 e. The van der Waals surface area contributed by atoms with E-state index in [1.807, 2.05) is 6.92 Å². The van der Waals surface area contributed by atoms with E-state index in [1.54, 1.807) is 0 Å². The molecule has 3 heteroatoms. The maximum atomic E-state index is 9.21. The Morgan fingerprint density at radius 3 is 2.50 bits per heavy atom. The molecule has 0 bridgehead atoms. The summed E-state index contributed by atoms with van der Waals surface area (Å²) >= 11 is 11.0. The zero-order valence-corrected chi connectivity index (χ0v) is 7.49. The molecule has 0 aromatic carbocycles. The Hall–Kier alpha value is 0.280. The molecule has 0 unspecified atom stereocenters. The smallest absolute Gasteiger partial charge is 0.0752 e. The third-order valence-corrected chi connectivity index (χ3v) is 2.06. The zero-order valence-electron chi connectivity index (χ0n) is 5.98. The lowest BCUT2D eigenvalue weighted by molar-refractivity contribution is 0.175. The number of alkyl halides is 2. The van der Waals surface area contributed by atoms with Gasteiger partial charge >= 0.3 is 0 Å². The van der Waals surface area contributed by atoms with E-state index in [9.17, 15) is 5.11 Å². The topological polar surface area (TPSA) is 20.2 Å². The molecule has 1 nitrogen and oxygen atoms in total. The SMILES string of the molecule is C=C(C)C[C@H](O)[C@@H](Cl)CCl. The van der Waals surface area contributed by atoms with Crippen LogP contribution in [0.4, 0.5) is 0 Å². The van der Waals surface area contributed by atoms with Crippen LogP contribution in [0.3, 0.4) is 0 Å². The molecule has 0 spiro atoms. The van der Waals surface area contributed by atoms with Gasteiger partial charge in [-0.05, 0) is 13.3 Å². The molecule has 60 valence electrons. The van der Waals surface area contributed by atoms with E-state index in [-0.39, 0.29) is 11.3 Å². The van der Waals surface area contributed by atoms with Crippen molar-refractivity contribution in [2.24, 2.45) is 0 Å². The first-order chi connectivity index (χ1) is 4.57. The van der Waals surface area contributed by atoms with Gasteiger partial charge in [0.05, 0.1) is 11.5 Å². The summed E-state index contributed by atoms with van der Waals surface area (Å²) in [4.78, 5) is 0. The largest absolute Gasteiger partial charge is 0.391 e. The lowest BCUT2D eigenvalue weighted by atomic mass is 10.1. The van der Waals surface area contributed by atoms with Crippen molar-refractivity contribution in [3.05, 3.63) is 12.2 Å². The summed E-state index contributed by atoms with van der Waals surface area (Å²) < 4.78 is 0. The summed E-state index contributed by atoms with van der Waals surface area (Å²) in [7, 11) is 0. The molecule has 0 aromatic rings. The molecule has 1 N–H and O–H groups in total. The van der Waals surface area contributed by atoms with Gasteiger partial charge in [0.25, 0.3) is 0 Å². The van der Waals surface area contributed by atoms with Crippen LogP contribution in [0, 0.1) is 0 Å². The fraction of sp³-hybridized carbons (Fsp3) is 0.714. The van der Waals surface area contributed by atoms with Crippen LogP contribution in [0.1, 0.15) is 13.3 Å². The molecule has 0 radical (unpaired) electrons. The Morgan fingerprint density at radius 1 is 1.70 bits per heavy atom. The number of hydrogen-bond donors (Lipinski definition) is 1. The predicted octanol–water partition coefficient (Wildman–Crippen LogP) is 2.16. The predicted molar refractivity (Wildman–Crippen MR) is 45.8 cm³/mol. The van der Waals surface area contributed by atoms with Crippen LogP contribution in [0.2, 0.25) is 0 Å². The number of aliphatic hydroxyl groups is 1. The van der Waals surface area contributed by atoms with E-state index in [4.69, 9.17) is 23.2 Å². The lowest BCUT2D eigenvalue weighted by Gasteiger charge is -2.13. The molecule has 0 heterocycles. The Balaban J connectivity index is 3.61. The summed E-state index contributed by atoms with van der Waals surface area (Å²) in [6, 6.07) is 0. The second-order valence-electron chi connectivity index (χ2n) is 2.40. The van der Waals surface area contributed by atoms with E-state index in [0.29, 0.717) is 6.42 Å². The first-order valence-electron chi connectivity index (χ1n) is 3.10. The minimum absolute atomic E-state index is 0.274. The highest BCUT2D eigenvalue weighted by Crippen LogP contribution is 2.12. The normalized spacial score (nSPS) is 16.4. The fourth-order valence-electron chi connectivity index (χ4n) is 0.588. The molecule has 0 aliphatic rings. The van der Waals surface area contributed by atoms with Crippen LogP contribution in [-0.4, -0.2) is 22.5 Å². The Kier molecular flexibility index (Phi) is 5.14. The number of rotatable bonds is 4. The summed E-state index contributed by atoms with van der Waals surface area (Å²) in [6.07, 6.45) is -0.0300. The average Bonchev–Trinajstić information content (AvgIpc) is 1.85. The summed E-state index contributed by atoms with van der Waals surface area (Å²) in [5, 5.41) is 8.85. The third-order valence-electron chi connectivity index (χ3n) is 1.12. The van der Waals surface area contributed by atoms with Crippen molar-refractivity contribution in [2.45, 2.75) is 24.8 Å². The highest BCUT2D eigenvalue weighted by atomic mass is 35.5. The maximum absolute atomic E-state index is 9.21. The Labute approximate surface area is 71.6 Å². The second-order valence-corrected chi connectivity index (χ2v) is 3.27. The molecule has 2 atom stereocenters. The van der Waals surface area contributed by atoms with Gasteiger partial charge in [-0.25, -0.2) is 0 Å². The highest BCUT2D eigenvalue weighted by molar-refractivity contribution is 6.28. The molecule has 0 aliphatic carbocycles. The molecular weight excluding hydrogens is 171 g/mol. The van der Waals surface area contributed by atoms with Gasteiger partial charge in [-0.15, -0.1) is 29.8 Å². The van der Waals surface area contributed by atoms with E-state index < -0.39 is 6.10 Å². The minimum atomic E-state index is -0.559. The second kappa shape index (κ2) is 5.00. The van der Waals surface area contributed by atoms with Crippen molar-refractivity contribution in [1.29, 1.82) is 0 Å². The number of halogens is 2. The van der Waals surface area contributed by atoms with Crippen LogP contribution in [0.25, 0.3) is 0 Å². The fourth-order valence-corrected chi connectivity index (χ4v) is 0.882. The van der Waals surface area contributed by atoms with Crippen LogP contribution < -0.4 is 0 Å². The summed E-state index contributed by atoms with van der Waals surface area (Å²) in [6.45, 7) is 5.50. The van der Waals surface area contributed by atoms with Crippen molar-refractivity contribution in [1.82, 2.24) is 0 Å². The van der Waals surface area contributed by atoms with Crippen molar-refractivity contribution in [3.8, 4) is 0 Å². The van der Waals surface area contributed by atoms with Gasteiger partial charge in [0.2, 0.25) is 0 Å². The van der Waals surface area contributed by atoms with Gasteiger partial charge in [-0.1, -0.05) is 5.57 Å². The summed E-state index contributed by atoms with van der Waals surface area (Å²) in [5.74, 6) is 0.274. The van der Waals surface area contributed by atoms with Gasteiger partial charge < -0.3 is 5.11 Å². The van der Waals surface area contributed by atoms with Crippen LogP contribution in [-0.2, 0) is 0 Å². The van der Waals surface area contributed by atoms with Crippen LogP contribution in [0.5, 0.6) is 0 Å². The van der Waals surface area contributed by atoms with E-state index >= 15 is 0 Å². The number of aliphatic hydroxyl groups excluding tert-OH is 1. The number of hydrogen-bond acceptors (Lipinski definition) is 1. The van der Waals surface area contributed by atoms with Gasteiger partial charge in [0.1, 0.15) is 0 Å². The molecule has 0 fully saturated rings. The molecule has 0 aromatic heterocycles. The molecular formula is C7H12Cl2O. The van der Waals surface area contributed by atoms with Crippen LogP contribution in [0.15, 0.2) is 12.2 Å². The van der Waals surface area contributed by atoms with Crippen molar-refractivity contribution in [3.63, 3.8) is 0 Å². The molecule has 10 heavy (non-hydrogen) atoms. The molecule has 0 saturated heterocycles. The van der Waals surface area contributed by atoms with E-state index in [0.717, 1.165) is 5.57 Å². The monoisotopic (exact) mass is 182 g/mol. The standard InChI is InChI=1S/C7H12Cl2O/c1-5(2)3-7(10)6(9)4-8/h6-7,10H,1,3-4H2,2H3/t6-,7-/m0/s1. The molecule has 0 saturated carbocycles. The third kappa shape index (κ3) is 4.15. The quantitative estimate of drug-likeness (QED) is 0.523. The van der Waals surface area contributed by atoms with E-state index in [2.05, 4.69) is 6.58 Å². The average molecular weight is 183 g/mol. The van der Waals surface area contributed by atoms with Gasteiger partial charge in [0.15, 0.2) is 0 Å². The van der Waals surface area contributed by atoms with Crippen molar-refractivity contribution >= 4 is 23.2 Å². The van der Waals surface area contributed by atoms with Gasteiger partial charge in [-0.3, -0.25) is 0 Å². The lowest BCUT2D eigenvalue weighted by Crippen LogP contribution is -2.22. The first kappa shape index (κ1) is 10.3. The Morgan fingerprint density at radius 2 is 2.20 bits per heavy atom. The first-order valence-corrected chi connectivity index (χ1v) is 4.07. The minimum Gasteiger partial charge on any atom is -0.391 e. The molecule has 0 amide bonds. The summed E-state index contributed by atoms with van der Waals surface area (Å²) in [5.41, 5.74) is 0.920. The van der Waals surface area contributed by atoms with Crippen LogP contribution >= 0.6 is 23.2 Å². The van der Waals surface area contributed by atoms with Crippen molar-refractivity contribution in [2.75, 3.05) is 5.88 Å². The Bertz CT molecular complexity index is 114. The van der Waals surface area contributed by atoms with Gasteiger partial charge in [0, 0.05) is 5.88 Å². The molecule has 0 aliphatic heterocycles. The van der Waals surface area contributed by atoms with Crippen molar-refractivity contribution < 1.29 is 5.11 Å².